The monoisotopic (exact) mass is 206 g/mol. The Morgan fingerprint density at radius 3 is 3.07 bits per heavy atom. The summed E-state index contributed by atoms with van der Waals surface area (Å²) >= 11 is 0. The van der Waals surface area contributed by atoms with Crippen molar-refractivity contribution in [3.05, 3.63) is 22.9 Å². The molecule has 15 heavy (non-hydrogen) atoms. The lowest BCUT2D eigenvalue weighted by Gasteiger charge is -2.21. The van der Waals surface area contributed by atoms with Crippen LogP contribution in [-0.2, 0) is 17.6 Å². The standard InChI is InChI=1S/C11H14N2O2/c1-6-4-8-5-7(11(14)15)2-3-9(8)13-10(6)12/h4,7H,2-3,5H2,1H3,(H2,12,13)(H,14,15). The molecule has 2 rings (SSSR count). The molecule has 0 aromatic carbocycles. The van der Waals surface area contributed by atoms with Gasteiger partial charge in [-0.2, -0.15) is 0 Å². The number of carbonyl (C=O) groups is 1. The van der Waals surface area contributed by atoms with Gasteiger partial charge in [-0.25, -0.2) is 4.98 Å². The molecule has 0 spiro atoms. The number of carboxylic acids is 1. The third-order valence-corrected chi connectivity index (χ3v) is 2.97. The summed E-state index contributed by atoms with van der Waals surface area (Å²) in [6, 6.07) is 1.97. The zero-order valence-electron chi connectivity index (χ0n) is 8.66. The van der Waals surface area contributed by atoms with Gasteiger partial charge in [0, 0.05) is 5.69 Å². The van der Waals surface area contributed by atoms with Crippen molar-refractivity contribution in [1.29, 1.82) is 0 Å². The molecule has 0 saturated carbocycles. The fraction of sp³-hybridized carbons (Fsp3) is 0.455. The molecule has 1 heterocycles. The van der Waals surface area contributed by atoms with Crippen LogP contribution in [0.1, 0.15) is 23.2 Å². The van der Waals surface area contributed by atoms with E-state index in [0.717, 1.165) is 23.2 Å². The number of anilines is 1. The van der Waals surface area contributed by atoms with Gasteiger partial charge in [-0.15, -0.1) is 0 Å². The van der Waals surface area contributed by atoms with E-state index >= 15 is 0 Å². The maximum atomic E-state index is 10.9. The Labute approximate surface area is 88.1 Å². The second-order valence-corrected chi connectivity index (χ2v) is 4.07. The molecule has 0 saturated heterocycles. The Balaban J connectivity index is 2.34. The van der Waals surface area contributed by atoms with Crippen molar-refractivity contribution < 1.29 is 9.90 Å². The van der Waals surface area contributed by atoms with E-state index in [2.05, 4.69) is 4.98 Å². The molecule has 1 aliphatic rings. The van der Waals surface area contributed by atoms with Crippen LogP contribution >= 0.6 is 0 Å². The SMILES string of the molecule is Cc1cc2c(nc1N)CCC(C(=O)O)C2. The molecule has 1 aromatic heterocycles. The second kappa shape index (κ2) is 3.53. The smallest absolute Gasteiger partial charge is 0.306 e. The highest BCUT2D eigenvalue weighted by Gasteiger charge is 2.25. The van der Waals surface area contributed by atoms with Gasteiger partial charge in [0.2, 0.25) is 0 Å². The number of hydrogen-bond acceptors (Lipinski definition) is 3. The number of aryl methyl sites for hydroxylation is 2. The van der Waals surface area contributed by atoms with Crippen LogP contribution in [0.4, 0.5) is 5.82 Å². The lowest BCUT2D eigenvalue weighted by atomic mass is 9.86. The summed E-state index contributed by atoms with van der Waals surface area (Å²) in [6.07, 6.45) is 1.97. The largest absolute Gasteiger partial charge is 0.481 e. The van der Waals surface area contributed by atoms with Gasteiger partial charge in [-0.05, 0) is 37.3 Å². The Morgan fingerprint density at radius 2 is 2.40 bits per heavy atom. The third-order valence-electron chi connectivity index (χ3n) is 2.97. The van der Waals surface area contributed by atoms with Crippen LogP contribution in [0.2, 0.25) is 0 Å². The van der Waals surface area contributed by atoms with Crippen molar-refractivity contribution in [3.63, 3.8) is 0 Å². The van der Waals surface area contributed by atoms with Gasteiger partial charge in [0.05, 0.1) is 5.92 Å². The molecule has 1 aromatic rings. The summed E-state index contributed by atoms with van der Waals surface area (Å²) in [5.41, 5.74) is 8.65. The second-order valence-electron chi connectivity index (χ2n) is 4.07. The number of pyridine rings is 1. The molecular weight excluding hydrogens is 192 g/mol. The predicted octanol–water partition coefficient (Wildman–Crippen LogP) is 1.16. The van der Waals surface area contributed by atoms with E-state index in [1.165, 1.54) is 0 Å². The van der Waals surface area contributed by atoms with Crippen LogP contribution in [0.5, 0.6) is 0 Å². The van der Waals surface area contributed by atoms with Crippen molar-refractivity contribution in [3.8, 4) is 0 Å². The minimum Gasteiger partial charge on any atom is -0.481 e. The van der Waals surface area contributed by atoms with Gasteiger partial charge in [0.15, 0.2) is 0 Å². The van der Waals surface area contributed by atoms with Crippen LogP contribution in [0, 0.1) is 12.8 Å². The summed E-state index contributed by atoms with van der Waals surface area (Å²) in [4.78, 5) is 15.2. The number of nitrogens with two attached hydrogens (primary N) is 1. The maximum Gasteiger partial charge on any atom is 0.306 e. The first-order chi connectivity index (χ1) is 7.08. The van der Waals surface area contributed by atoms with E-state index < -0.39 is 5.97 Å². The molecule has 1 unspecified atom stereocenters. The van der Waals surface area contributed by atoms with Crippen molar-refractivity contribution in [2.45, 2.75) is 26.2 Å². The average molecular weight is 206 g/mol. The van der Waals surface area contributed by atoms with E-state index in [9.17, 15) is 4.79 Å². The Hall–Kier alpha value is -1.58. The molecule has 0 amide bonds. The van der Waals surface area contributed by atoms with Crippen LogP contribution < -0.4 is 5.73 Å². The van der Waals surface area contributed by atoms with E-state index in [1.54, 1.807) is 0 Å². The number of aliphatic carboxylic acids is 1. The van der Waals surface area contributed by atoms with Crippen LogP contribution in [0.15, 0.2) is 6.07 Å². The van der Waals surface area contributed by atoms with Crippen molar-refractivity contribution in [2.24, 2.45) is 5.92 Å². The highest BCUT2D eigenvalue weighted by atomic mass is 16.4. The highest BCUT2D eigenvalue weighted by Crippen LogP contribution is 2.26. The molecule has 1 atom stereocenters. The zero-order chi connectivity index (χ0) is 11.0. The van der Waals surface area contributed by atoms with Crippen molar-refractivity contribution >= 4 is 11.8 Å². The first-order valence-electron chi connectivity index (χ1n) is 5.05. The number of nitrogen functional groups attached to an aromatic ring is 1. The molecule has 0 fully saturated rings. The summed E-state index contributed by atoms with van der Waals surface area (Å²) in [7, 11) is 0. The van der Waals surface area contributed by atoms with Gasteiger partial charge in [-0.3, -0.25) is 4.79 Å². The fourth-order valence-electron chi connectivity index (χ4n) is 2.01. The van der Waals surface area contributed by atoms with Gasteiger partial charge < -0.3 is 10.8 Å². The molecule has 3 N–H and O–H groups in total. The third kappa shape index (κ3) is 1.79. The Bertz CT molecular complexity index is 415. The summed E-state index contributed by atoms with van der Waals surface area (Å²) in [6.45, 7) is 1.90. The normalized spacial score (nSPS) is 19.7. The Morgan fingerprint density at radius 1 is 1.67 bits per heavy atom. The van der Waals surface area contributed by atoms with Gasteiger partial charge >= 0.3 is 5.97 Å². The summed E-state index contributed by atoms with van der Waals surface area (Å²) < 4.78 is 0. The van der Waals surface area contributed by atoms with Crippen LogP contribution in [0.25, 0.3) is 0 Å². The number of hydrogen-bond donors (Lipinski definition) is 2. The van der Waals surface area contributed by atoms with Gasteiger partial charge in [0.25, 0.3) is 0 Å². The minimum absolute atomic E-state index is 0.262. The van der Waals surface area contributed by atoms with E-state index in [1.807, 2.05) is 13.0 Å². The maximum absolute atomic E-state index is 10.9. The quantitative estimate of drug-likeness (QED) is 0.723. The zero-order valence-corrected chi connectivity index (χ0v) is 8.66. The Kier molecular flexibility index (Phi) is 2.34. The summed E-state index contributed by atoms with van der Waals surface area (Å²) in [5.74, 6) is -0.417. The van der Waals surface area contributed by atoms with Crippen molar-refractivity contribution in [1.82, 2.24) is 4.98 Å². The predicted molar refractivity (Wildman–Crippen MR) is 56.5 cm³/mol. The van der Waals surface area contributed by atoms with E-state index in [4.69, 9.17) is 10.8 Å². The number of nitrogens with zero attached hydrogens (tertiary/aromatic N) is 1. The molecule has 4 nitrogen and oxygen atoms in total. The first kappa shape index (κ1) is 9.96. The molecule has 4 heteroatoms. The molecule has 0 radical (unpaired) electrons. The molecule has 0 bridgehead atoms. The highest BCUT2D eigenvalue weighted by molar-refractivity contribution is 5.71. The first-order valence-corrected chi connectivity index (χ1v) is 5.05. The van der Waals surface area contributed by atoms with Gasteiger partial charge in [-0.1, -0.05) is 6.07 Å². The lowest BCUT2D eigenvalue weighted by Crippen LogP contribution is -2.23. The van der Waals surface area contributed by atoms with E-state index in [0.29, 0.717) is 18.7 Å². The van der Waals surface area contributed by atoms with E-state index in [-0.39, 0.29) is 5.92 Å². The number of aromatic nitrogens is 1. The average Bonchev–Trinajstić information content (AvgIpc) is 2.19. The van der Waals surface area contributed by atoms with Crippen molar-refractivity contribution in [2.75, 3.05) is 5.73 Å². The number of carboxylic acid groups (broad SMARTS) is 1. The fourth-order valence-corrected chi connectivity index (χ4v) is 2.01. The molecular formula is C11H14N2O2. The summed E-state index contributed by atoms with van der Waals surface area (Å²) in [5, 5.41) is 8.94. The molecule has 1 aliphatic carbocycles. The molecule has 0 aliphatic heterocycles. The van der Waals surface area contributed by atoms with Crippen LogP contribution in [0.3, 0.4) is 0 Å². The minimum atomic E-state index is -0.713. The topological polar surface area (TPSA) is 76.2 Å². The number of fused-ring (bicyclic) bond motifs is 1. The lowest BCUT2D eigenvalue weighted by molar-refractivity contribution is -0.142. The van der Waals surface area contributed by atoms with Crippen LogP contribution in [-0.4, -0.2) is 16.1 Å². The number of rotatable bonds is 1. The van der Waals surface area contributed by atoms with Gasteiger partial charge in [0.1, 0.15) is 5.82 Å². The molecule has 80 valence electrons.